The van der Waals surface area contributed by atoms with E-state index in [4.69, 9.17) is 16.3 Å². The van der Waals surface area contributed by atoms with E-state index in [0.717, 1.165) is 13.0 Å². The van der Waals surface area contributed by atoms with E-state index in [1.807, 2.05) is 0 Å². The highest BCUT2D eigenvalue weighted by Gasteiger charge is 2.02. The molecule has 0 heterocycles. The van der Waals surface area contributed by atoms with Crippen molar-refractivity contribution in [1.82, 2.24) is 5.32 Å². The number of carbonyl (C=O) groups excluding carboxylic acids is 1. The molecule has 2 N–H and O–H groups in total. The summed E-state index contributed by atoms with van der Waals surface area (Å²) in [6.45, 7) is 5.40. The van der Waals surface area contributed by atoms with E-state index >= 15 is 0 Å². The lowest BCUT2D eigenvalue weighted by atomic mass is 10.3. The molecule has 1 aromatic carbocycles. The van der Waals surface area contributed by atoms with Crippen LogP contribution < -0.4 is 10.6 Å². The van der Waals surface area contributed by atoms with Gasteiger partial charge < -0.3 is 10.1 Å². The Hall–Kier alpha value is -1.26. The minimum absolute atomic E-state index is 0.402. The van der Waals surface area contributed by atoms with E-state index in [2.05, 4.69) is 24.5 Å². The molecule has 0 unspecified atom stereocenters. The SMILES string of the molecule is CC(C)NCCCOC(=O)Nc1ccc(Cl)cc1. The van der Waals surface area contributed by atoms with Gasteiger partial charge in [-0.25, -0.2) is 4.79 Å². The summed E-state index contributed by atoms with van der Waals surface area (Å²) < 4.78 is 5.03. The van der Waals surface area contributed by atoms with Gasteiger partial charge in [-0.3, -0.25) is 5.32 Å². The second-order valence-electron chi connectivity index (χ2n) is 4.23. The largest absolute Gasteiger partial charge is 0.449 e. The molecule has 1 aromatic rings. The van der Waals surface area contributed by atoms with Crippen LogP contribution in [0.1, 0.15) is 20.3 Å². The molecule has 0 aliphatic carbocycles. The Morgan fingerprint density at radius 1 is 1.33 bits per heavy atom. The molecule has 0 bridgehead atoms. The summed E-state index contributed by atoms with van der Waals surface area (Å²) >= 11 is 5.74. The first-order valence-electron chi connectivity index (χ1n) is 6.00. The van der Waals surface area contributed by atoms with Gasteiger partial charge in [0.05, 0.1) is 6.61 Å². The van der Waals surface area contributed by atoms with Crippen molar-refractivity contribution in [1.29, 1.82) is 0 Å². The molecule has 4 nitrogen and oxygen atoms in total. The Kier molecular flexibility index (Phi) is 6.54. The number of hydrogen-bond acceptors (Lipinski definition) is 3. The summed E-state index contributed by atoms with van der Waals surface area (Å²) in [6, 6.07) is 7.33. The molecule has 0 saturated heterocycles. The van der Waals surface area contributed by atoms with Crippen LogP contribution in [0.15, 0.2) is 24.3 Å². The molecular weight excluding hydrogens is 252 g/mol. The van der Waals surface area contributed by atoms with E-state index < -0.39 is 6.09 Å². The molecule has 0 aromatic heterocycles. The second kappa shape index (κ2) is 7.95. The first-order valence-corrected chi connectivity index (χ1v) is 6.38. The smallest absolute Gasteiger partial charge is 0.411 e. The number of halogens is 1. The molecule has 0 atom stereocenters. The summed E-state index contributed by atoms with van der Waals surface area (Å²) in [4.78, 5) is 11.4. The minimum Gasteiger partial charge on any atom is -0.449 e. The van der Waals surface area contributed by atoms with Gasteiger partial charge in [-0.05, 0) is 37.2 Å². The van der Waals surface area contributed by atoms with Crippen LogP contribution >= 0.6 is 11.6 Å². The van der Waals surface area contributed by atoms with Gasteiger partial charge in [0.2, 0.25) is 0 Å². The standard InChI is InChI=1S/C13H19ClN2O2/c1-10(2)15-8-3-9-18-13(17)16-12-6-4-11(14)5-7-12/h4-7,10,15H,3,8-9H2,1-2H3,(H,16,17). The van der Waals surface area contributed by atoms with E-state index in [1.165, 1.54) is 0 Å². The van der Waals surface area contributed by atoms with Crippen molar-refractivity contribution in [3.05, 3.63) is 29.3 Å². The molecule has 0 spiro atoms. The summed E-state index contributed by atoms with van der Waals surface area (Å²) in [6.07, 6.45) is 0.355. The maximum absolute atomic E-state index is 11.4. The summed E-state index contributed by atoms with van der Waals surface area (Å²) in [7, 11) is 0. The Morgan fingerprint density at radius 2 is 2.00 bits per heavy atom. The Morgan fingerprint density at radius 3 is 2.61 bits per heavy atom. The fourth-order valence-corrected chi connectivity index (χ4v) is 1.44. The molecule has 0 aliphatic rings. The zero-order valence-corrected chi connectivity index (χ0v) is 11.5. The van der Waals surface area contributed by atoms with Gasteiger partial charge in [0.1, 0.15) is 0 Å². The summed E-state index contributed by atoms with van der Waals surface area (Å²) in [5.74, 6) is 0. The third kappa shape index (κ3) is 6.47. The van der Waals surface area contributed by atoms with Crippen molar-refractivity contribution < 1.29 is 9.53 Å². The van der Waals surface area contributed by atoms with Crippen molar-refractivity contribution in [2.75, 3.05) is 18.5 Å². The van der Waals surface area contributed by atoms with Gasteiger partial charge in [-0.15, -0.1) is 0 Å². The molecule has 0 aliphatic heterocycles. The third-order valence-corrected chi connectivity index (χ3v) is 2.45. The van der Waals surface area contributed by atoms with Gasteiger partial charge >= 0.3 is 6.09 Å². The Labute approximate surface area is 113 Å². The average molecular weight is 271 g/mol. The first kappa shape index (κ1) is 14.8. The number of hydrogen-bond donors (Lipinski definition) is 2. The van der Waals surface area contributed by atoms with Crippen LogP contribution in [0.2, 0.25) is 5.02 Å². The Balaban J connectivity index is 2.16. The number of anilines is 1. The number of benzene rings is 1. The molecule has 18 heavy (non-hydrogen) atoms. The molecule has 1 amide bonds. The normalized spacial score (nSPS) is 10.4. The van der Waals surface area contributed by atoms with Gasteiger partial charge in [0.25, 0.3) is 0 Å². The van der Waals surface area contributed by atoms with Crippen molar-refractivity contribution in [3.8, 4) is 0 Å². The summed E-state index contributed by atoms with van der Waals surface area (Å²) in [5.41, 5.74) is 0.671. The van der Waals surface area contributed by atoms with E-state index in [-0.39, 0.29) is 0 Å². The maximum Gasteiger partial charge on any atom is 0.411 e. The van der Waals surface area contributed by atoms with Crippen LogP contribution in [0, 0.1) is 0 Å². The number of amides is 1. The highest BCUT2D eigenvalue weighted by atomic mass is 35.5. The lowest BCUT2D eigenvalue weighted by Crippen LogP contribution is -2.25. The van der Waals surface area contributed by atoms with Crippen LogP contribution in [0.4, 0.5) is 10.5 Å². The molecule has 100 valence electrons. The molecule has 1 rings (SSSR count). The van der Waals surface area contributed by atoms with Crippen molar-refractivity contribution >= 4 is 23.4 Å². The van der Waals surface area contributed by atoms with Gasteiger partial charge in [0, 0.05) is 16.8 Å². The fraction of sp³-hybridized carbons (Fsp3) is 0.462. The average Bonchev–Trinajstić information content (AvgIpc) is 2.31. The van der Waals surface area contributed by atoms with Crippen LogP contribution in [-0.2, 0) is 4.74 Å². The van der Waals surface area contributed by atoms with Crippen molar-refractivity contribution in [2.45, 2.75) is 26.3 Å². The number of nitrogens with one attached hydrogen (secondary N) is 2. The first-order chi connectivity index (χ1) is 8.58. The molecule has 5 heteroatoms. The van der Waals surface area contributed by atoms with E-state index in [9.17, 15) is 4.79 Å². The fourth-order valence-electron chi connectivity index (χ4n) is 1.31. The molecule has 0 radical (unpaired) electrons. The van der Waals surface area contributed by atoms with Gasteiger partial charge in [0.15, 0.2) is 0 Å². The number of carbonyl (C=O) groups is 1. The molecule has 0 saturated carbocycles. The molecule has 0 fully saturated rings. The topological polar surface area (TPSA) is 50.4 Å². The summed E-state index contributed by atoms with van der Waals surface area (Å²) in [5, 5.41) is 6.51. The van der Waals surface area contributed by atoms with Crippen LogP contribution in [0.3, 0.4) is 0 Å². The van der Waals surface area contributed by atoms with E-state index in [0.29, 0.717) is 23.4 Å². The number of ether oxygens (including phenoxy) is 1. The predicted molar refractivity (Wildman–Crippen MR) is 74.2 cm³/mol. The maximum atomic E-state index is 11.4. The quantitative estimate of drug-likeness (QED) is 0.780. The van der Waals surface area contributed by atoms with Crippen LogP contribution in [0.25, 0.3) is 0 Å². The zero-order valence-electron chi connectivity index (χ0n) is 10.7. The lowest BCUT2D eigenvalue weighted by Gasteiger charge is -2.09. The van der Waals surface area contributed by atoms with Crippen molar-refractivity contribution in [2.24, 2.45) is 0 Å². The number of rotatable bonds is 6. The Bertz CT molecular complexity index is 366. The van der Waals surface area contributed by atoms with Crippen molar-refractivity contribution in [3.63, 3.8) is 0 Å². The van der Waals surface area contributed by atoms with E-state index in [1.54, 1.807) is 24.3 Å². The lowest BCUT2D eigenvalue weighted by molar-refractivity contribution is 0.160. The van der Waals surface area contributed by atoms with Gasteiger partial charge in [-0.2, -0.15) is 0 Å². The highest BCUT2D eigenvalue weighted by Crippen LogP contribution is 2.13. The monoisotopic (exact) mass is 270 g/mol. The highest BCUT2D eigenvalue weighted by molar-refractivity contribution is 6.30. The zero-order chi connectivity index (χ0) is 13.4. The molecular formula is C13H19ClN2O2. The third-order valence-electron chi connectivity index (χ3n) is 2.20. The minimum atomic E-state index is -0.443. The second-order valence-corrected chi connectivity index (χ2v) is 4.67. The van der Waals surface area contributed by atoms with Crippen LogP contribution in [0.5, 0.6) is 0 Å². The van der Waals surface area contributed by atoms with Crippen LogP contribution in [-0.4, -0.2) is 25.3 Å². The predicted octanol–water partition coefficient (Wildman–Crippen LogP) is 3.28. The van der Waals surface area contributed by atoms with Gasteiger partial charge in [-0.1, -0.05) is 25.4 Å².